The molecule has 0 saturated carbocycles. The SMILES string of the molecule is Cc1ccc(NC(=O)Nc2ccco2)nc1. The lowest BCUT2D eigenvalue weighted by atomic mass is 10.3. The monoisotopic (exact) mass is 217 g/mol. The van der Waals surface area contributed by atoms with Crippen molar-refractivity contribution in [1.82, 2.24) is 4.98 Å². The van der Waals surface area contributed by atoms with Crippen molar-refractivity contribution in [2.24, 2.45) is 0 Å². The van der Waals surface area contributed by atoms with Crippen LogP contribution in [0, 0.1) is 6.92 Å². The third-order valence-corrected chi connectivity index (χ3v) is 1.91. The second-order valence-electron chi connectivity index (χ2n) is 3.28. The summed E-state index contributed by atoms with van der Waals surface area (Å²) >= 11 is 0. The molecule has 0 aromatic carbocycles. The number of carbonyl (C=O) groups is 1. The largest absolute Gasteiger partial charge is 0.449 e. The van der Waals surface area contributed by atoms with E-state index in [-0.39, 0.29) is 6.03 Å². The molecule has 0 fully saturated rings. The number of nitrogens with one attached hydrogen (secondary N) is 2. The molecule has 0 aliphatic carbocycles. The van der Waals surface area contributed by atoms with Gasteiger partial charge in [0.2, 0.25) is 5.88 Å². The van der Waals surface area contributed by atoms with E-state index in [0.29, 0.717) is 11.7 Å². The van der Waals surface area contributed by atoms with E-state index >= 15 is 0 Å². The highest BCUT2D eigenvalue weighted by Crippen LogP contribution is 2.08. The van der Waals surface area contributed by atoms with Gasteiger partial charge in [-0.15, -0.1) is 0 Å². The van der Waals surface area contributed by atoms with Crippen molar-refractivity contribution < 1.29 is 9.21 Å². The molecule has 2 rings (SSSR count). The lowest BCUT2D eigenvalue weighted by Gasteiger charge is -2.04. The average Bonchev–Trinajstić information content (AvgIpc) is 2.74. The van der Waals surface area contributed by atoms with E-state index in [0.717, 1.165) is 5.56 Å². The highest BCUT2D eigenvalue weighted by atomic mass is 16.3. The van der Waals surface area contributed by atoms with Crippen molar-refractivity contribution in [1.29, 1.82) is 0 Å². The van der Waals surface area contributed by atoms with Crippen LogP contribution in [0.5, 0.6) is 0 Å². The molecular weight excluding hydrogens is 206 g/mol. The number of hydrogen-bond acceptors (Lipinski definition) is 3. The summed E-state index contributed by atoms with van der Waals surface area (Å²) in [6.07, 6.45) is 3.17. The Morgan fingerprint density at radius 1 is 1.31 bits per heavy atom. The molecule has 0 radical (unpaired) electrons. The Kier molecular flexibility index (Phi) is 2.86. The number of urea groups is 1. The number of aryl methyl sites for hydroxylation is 1. The highest BCUT2D eigenvalue weighted by Gasteiger charge is 2.04. The average molecular weight is 217 g/mol. The Hall–Kier alpha value is -2.30. The van der Waals surface area contributed by atoms with Gasteiger partial charge in [0.15, 0.2) is 0 Å². The van der Waals surface area contributed by atoms with Crippen LogP contribution < -0.4 is 10.6 Å². The standard InChI is InChI=1S/C11H11N3O2/c1-8-4-5-9(12-7-8)13-11(15)14-10-3-2-6-16-10/h2-7H,1H3,(H2,12,13,14,15). The van der Waals surface area contributed by atoms with Gasteiger partial charge >= 0.3 is 6.03 Å². The number of hydrogen-bond donors (Lipinski definition) is 2. The maximum atomic E-state index is 11.4. The highest BCUT2D eigenvalue weighted by molar-refractivity contribution is 5.98. The van der Waals surface area contributed by atoms with E-state index in [4.69, 9.17) is 4.42 Å². The first-order valence-corrected chi connectivity index (χ1v) is 4.78. The molecule has 2 aromatic rings. The Labute approximate surface area is 92.5 Å². The molecule has 5 heteroatoms. The minimum absolute atomic E-state index is 0.383. The summed E-state index contributed by atoms with van der Waals surface area (Å²) < 4.78 is 4.97. The minimum Gasteiger partial charge on any atom is -0.449 e. The van der Waals surface area contributed by atoms with Crippen LogP contribution >= 0.6 is 0 Å². The molecule has 0 aliphatic heterocycles. The molecule has 2 heterocycles. The summed E-state index contributed by atoms with van der Waals surface area (Å²) in [5.74, 6) is 0.888. The molecule has 2 aromatic heterocycles. The molecule has 0 aliphatic rings. The zero-order chi connectivity index (χ0) is 11.4. The van der Waals surface area contributed by atoms with Crippen molar-refractivity contribution in [3.63, 3.8) is 0 Å². The zero-order valence-corrected chi connectivity index (χ0v) is 8.73. The van der Waals surface area contributed by atoms with Crippen LogP contribution in [0.2, 0.25) is 0 Å². The fraction of sp³-hybridized carbons (Fsp3) is 0.0909. The van der Waals surface area contributed by atoms with E-state index < -0.39 is 0 Å². The van der Waals surface area contributed by atoms with Gasteiger partial charge in [-0.05, 0) is 24.6 Å². The molecule has 0 saturated heterocycles. The van der Waals surface area contributed by atoms with Crippen LogP contribution in [-0.2, 0) is 0 Å². The van der Waals surface area contributed by atoms with Gasteiger partial charge in [0.1, 0.15) is 5.82 Å². The summed E-state index contributed by atoms with van der Waals surface area (Å²) in [5.41, 5.74) is 1.04. The van der Waals surface area contributed by atoms with Crippen LogP contribution in [0.1, 0.15) is 5.56 Å². The molecule has 16 heavy (non-hydrogen) atoms. The topological polar surface area (TPSA) is 67.2 Å². The number of furan rings is 1. The quantitative estimate of drug-likeness (QED) is 0.812. The van der Waals surface area contributed by atoms with Gasteiger partial charge in [-0.2, -0.15) is 0 Å². The van der Waals surface area contributed by atoms with E-state index in [9.17, 15) is 4.79 Å². The van der Waals surface area contributed by atoms with Crippen molar-refractivity contribution in [3.8, 4) is 0 Å². The zero-order valence-electron chi connectivity index (χ0n) is 8.73. The molecule has 0 spiro atoms. The van der Waals surface area contributed by atoms with E-state index in [2.05, 4.69) is 15.6 Å². The summed E-state index contributed by atoms with van der Waals surface area (Å²) in [7, 11) is 0. The van der Waals surface area contributed by atoms with Crippen LogP contribution in [-0.4, -0.2) is 11.0 Å². The van der Waals surface area contributed by atoms with E-state index in [1.807, 2.05) is 13.0 Å². The number of aromatic nitrogens is 1. The Balaban J connectivity index is 1.95. The van der Waals surface area contributed by atoms with Crippen molar-refractivity contribution in [2.45, 2.75) is 6.92 Å². The second kappa shape index (κ2) is 4.48. The number of amides is 2. The van der Waals surface area contributed by atoms with Crippen LogP contribution in [0.15, 0.2) is 41.1 Å². The van der Waals surface area contributed by atoms with Crippen LogP contribution in [0.3, 0.4) is 0 Å². The van der Waals surface area contributed by atoms with Gasteiger partial charge in [0, 0.05) is 12.3 Å². The van der Waals surface area contributed by atoms with Gasteiger partial charge in [-0.1, -0.05) is 6.07 Å². The number of anilines is 2. The van der Waals surface area contributed by atoms with E-state index in [1.54, 1.807) is 24.4 Å². The summed E-state index contributed by atoms with van der Waals surface area (Å²) in [5, 5.41) is 5.11. The Morgan fingerprint density at radius 3 is 2.81 bits per heavy atom. The predicted molar refractivity (Wildman–Crippen MR) is 60.3 cm³/mol. The lowest BCUT2D eigenvalue weighted by molar-refractivity contribution is 0.261. The number of nitrogens with zero attached hydrogens (tertiary/aromatic N) is 1. The molecule has 2 N–H and O–H groups in total. The van der Waals surface area contributed by atoms with E-state index in [1.165, 1.54) is 6.26 Å². The first kappa shape index (κ1) is 10.2. The minimum atomic E-state index is -0.383. The maximum Gasteiger partial charge on any atom is 0.327 e. The Morgan fingerprint density at radius 2 is 2.19 bits per heavy atom. The normalized spacial score (nSPS) is 9.81. The first-order valence-electron chi connectivity index (χ1n) is 4.78. The van der Waals surface area contributed by atoms with Crippen molar-refractivity contribution in [2.75, 3.05) is 10.6 Å². The third-order valence-electron chi connectivity index (χ3n) is 1.91. The Bertz CT molecular complexity index is 462. The van der Waals surface area contributed by atoms with Gasteiger partial charge in [-0.3, -0.25) is 10.6 Å². The molecule has 2 amide bonds. The lowest BCUT2D eigenvalue weighted by Crippen LogP contribution is -2.19. The smallest absolute Gasteiger partial charge is 0.327 e. The third kappa shape index (κ3) is 2.60. The van der Waals surface area contributed by atoms with Gasteiger partial charge in [-0.25, -0.2) is 9.78 Å². The van der Waals surface area contributed by atoms with Crippen LogP contribution in [0.25, 0.3) is 0 Å². The number of carbonyl (C=O) groups excluding carboxylic acids is 1. The first-order chi connectivity index (χ1) is 7.74. The second-order valence-corrected chi connectivity index (χ2v) is 3.28. The molecule has 82 valence electrons. The fourth-order valence-electron chi connectivity index (χ4n) is 1.15. The summed E-state index contributed by atoms with van der Waals surface area (Å²) in [4.78, 5) is 15.5. The molecule has 5 nitrogen and oxygen atoms in total. The molecular formula is C11H11N3O2. The number of pyridine rings is 1. The van der Waals surface area contributed by atoms with Gasteiger partial charge < -0.3 is 4.42 Å². The summed E-state index contributed by atoms with van der Waals surface area (Å²) in [6, 6.07) is 6.57. The van der Waals surface area contributed by atoms with Gasteiger partial charge in [0.25, 0.3) is 0 Å². The predicted octanol–water partition coefficient (Wildman–Crippen LogP) is 2.63. The molecule has 0 unspecified atom stereocenters. The molecule has 0 atom stereocenters. The van der Waals surface area contributed by atoms with Gasteiger partial charge in [0.05, 0.1) is 6.26 Å². The van der Waals surface area contributed by atoms with Crippen molar-refractivity contribution in [3.05, 3.63) is 42.3 Å². The summed E-state index contributed by atoms with van der Waals surface area (Å²) in [6.45, 7) is 1.93. The fourth-order valence-corrected chi connectivity index (χ4v) is 1.15. The maximum absolute atomic E-state index is 11.4. The van der Waals surface area contributed by atoms with Crippen LogP contribution in [0.4, 0.5) is 16.5 Å². The number of rotatable bonds is 2. The van der Waals surface area contributed by atoms with Crippen molar-refractivity contribution >= 4 is 17.7 Å². The molecule has 0 bridgehead atoms.